The van der Waals surface area contributed by atoms with Crippen LogP contribution in [0.15, 0.2) is 35.8 Å². The number of hydrogen-bond donors (Lipinski definition) is 2. The van der Waals surface area contributed by atoms with Crippen molar-refractivity contribution in [3.8, 4) is 11.1 Å². The van der Waals surface area contributed by atoms with Crippen LogP contribution in [-0.2, 0) is 7.05 Å². The summed E-state index contributed by atoms with van der Waals surface area (Å²) in [5.41, 5.74) is 2.88. The number of aryl methyl sites for hydroxylation is 1. The van der Waals surface area contributed by atoms with E-state index in [0.717, 1.165) is 17.3 Å². The third kappa shape index (κ3) is 2.20. The Kier molecular flexibility index (Phi) is 2.95. The molecule has 0 bridgehead atoms. The zero-order valence-corrected chi connectivity index (χ0v) is 9.33. The predicted molar refractivity (Wildman–Crippen MR) is 65.9 cm³/mol. The average molecular weight is 228 g/mol. The Labute approximate surface area is 98.3 Å². The second-order valence-electron chi connectivity index (χ2n) is 3.49. The summed E-state index contributed by atoms with van der Waals surface area (Å²) in [7, 11) is 1.86. The zero-order chi connectivity index (χ0) is 12.3. The SMILES string of the molecule is Cn1cc(-c2ccc(/C(C=N)=N\N)nc2)cn1. The van der Waals surface area contributed by atoms with E-state index in [4.69, 9.17) is 11.3 Å². The van der Waals surface area contributed by atoms with Gasteiger partial charge in [0.15, 0.2) is 0 Å². The van der Waals surface area contributed by atoms with E-state index in [2.05, 4.69) is 15.2 Å². The Morgan fingerprint density at radius 1 is 1.41 bits per heavy atom. The molecule has 17 heavy (non-hydrogen) atoms. The molecule has 2 heterocycles. The molecular weight excluding hydrogens is 216 g/mol. The molecule has 2 aromatic rings. The molecule has 0 amide bonds. The summed E-state index contributed by atoms with van der Waals surface area (Å²) < 4.78 is 1.73. The zero-order valence-electron chi connectivity index (χ0n) is 9.33. The molecule has 86 valence electrons. The fourth-order valence-corrected chi connectivity index (χ4v) is 1.46. The van der Waals surface area contributed by atoms with Gasteiger partial charge in [-0.2, -0.15) is 10.2 Å². The monoisotopic (exact) mass is 228 g/mol. The Morgan fingerprint density at radius 2 is 2.24 bits per heavy atom. The molecule has 6 nitrogen and oxygen atoms in total. The molecule has 0 saturated heterocycles. The lowest BCUT2D eigenvalue weighted by Gasteiger charge is -2.00. The minimum absolute atomic E-state index is 0.350. The first-order valence-electron chi connectivity index (χ1n) is 4.98. The lowest BCUT2D eigenvalue weighted by Crippen LogP contribution is -2.07. The topological polar surface area (TPSA) is 92.9 Å². The molecule has 0 saturated carbocycles. The predicted octanol–water partition coefficient (Wildman–Crippen LogP) is 0.794. The van der Waals surface area contributed by atoms with Crippen LogP contribution in [0.25, 0.3) is 11.1 Å². The molecule has 0 aliphatic heterocycles. The first-order valence-corrected chi connectivity index (χ1v) is 4.98. The van der Waals surface area contributed by atoms with Gasteiger partial charge in [-0.3, -0.25) is 9.67 Å². The van der Waals surface area contributed by atoms with Gasteiger partial charge in [0.1, 0.15) is 5.71 Å². The Morgan fingerprint density at radius 3 is 2.71 bits per heavy atom. The van der Waals surface area contributed by atoms with E-state index in [0.29, 0.717) is 11.4 Å². The summed E-state index contributed by atoms with van der Waals surface area (Å²) in [4.78, 5) is 4.21. The summed E-state index contributed by atoms with van der Waals surface area (Å²) >= 11 is 0. The number of nitrogens with two attached hydrogens (primary N) is 1. The molecule has 0 aliphatic carbocycles. The second-order valence-corrected chi connectivity index (χ2v) is 3.49. The number of aromatic nitrogens is 3. The van der Waals surface area contributed by atoms with Gasteiger partial charge < -0.3 is 11.3 Å². The van der Waals surface area contributed by atoms with E-state index >= 15 is 0 Å². The molecule has 0 aromatic carbocycles. The van der Waals surface area contributed by atoms with Gasteiger partial charge in [-0.25, -0.2) is 0 Å². The smallest absolute Gasteiger partial charge is 0.126 e. The molecule has 0 aliphatic rings. The third-order valence-electron chi connectivity index (χ3n) is 2.34. The fraction of sp³-hybridized carbons (Fsp3) is 0.0909. The quantitative estimate of drug-likeness (QED) is 0.462. The van der Waals surface area contributed by atoms with E-state index in [1.807, 2.05) is 19.3 Å². The summed E-state index contributed by atoms with van der Waals surface area (Å²) in [5.74, 6) is 5.15. The Balaban J connectivity index is 2.33. The molecule has 0 atom stereocenters. The van der Waals surface area contributed by atoms with Gasteiger partial charge in [0.2, 0.25) is 0 Å². The average Bonchev–Trinajstić information content (AvgIpc) is 2.78. The van der Waals surface area contributed by atoms with Crippen molar-refractivity contribution in [3.63, 3.8) is 0 Å². The van der Waals surface area contributed by atoms with E-state index in [-0.39, 0.29) is 0 Å². The van der Waals surface area contributed by atoms with Crippen molar-refractivity contribution in [2.45, 2.75) is 0 Å². The number of pyridine rings is 1. The van der Waals surface area contributed by atoms with Gasteiger partial charge in [0.25, 0.3) is 0 Å². The van der Waals surface area contributed by atoms with Crippen LogP contribution in [0.2, 0.25) is 0 Å². The maximum Gasteiger partial charge on any atom is 0.126 e. The Bertz CT molecular complexity index is 552. The highest BCUT2D eigenvalue weighted by atomic mass is 15.2. The van der Waals surface area contributed by atoms with Crippen LogP contribution >= 0.6 is 0 Å². The van der Waals surface area contributed by atoms with Gasteiger partial charge in [-0.15, -0.1) is 0 Å². The van der Waals surface area contributed by atoms with Crippen LogP contribution in [0.4, 0.5) is 0 Å². The van der Waals surface area contributed by atoms with Crippen molar-refractivity contribution >= 4 is 11.9 Å². The minimum atomic E-state index is 0.350. The van der Waals surface area contributed by atoms with E-state index in [1.165, 1.54) is 0 Å². The van der Waals surface area contributed by atoms with Crippen molar-refractivity contribution < 1.29 is 0 Å². The fourth-order valence-electron chi connectivity index (χ4n) is 1.46. The van der Waals surface area contributed by atoms with Gasteiger partial charge in [-0.1, -0.05) is 6.07 Å². The number of rotatable bonds is 3. The van der Waals surface area contributed by atoms with Crippen LogP contribution in [0.1, 0.15) is 5.69 Å². The summed E-state index contributed by atoms with van der Waals surface area (Å²) in [5, 5.41) is 14.7. The molecule has 2 rings (SSSR count). The van der Waals surface area contributed by atoms with E-state index < -0.39 is 0 Å². The largest absolute Gasteiger partial charge is 0.323 e. The second kappa shape index (κ2) is 4.56. The van der Waals surface area contributed by atoms with Crippen LogP contribution in [-0.4, -0.2) is 26.7 Å². The molecule has 0 fully saturated rings. The summed E-state index contributed by atoms with van der Waals surface area (Å²) in [6.45, 7) is 0. The lowest BCUT2D eigenvalue weighted by atomic mass is 10.1. The van der Waals surface area contributed by atoms with Crippen molar-refractivity contribution in [3.05, 3.63) is 36.4 Å². The summed E-state index contributed by atoms with van der Waals surface area (Å²) in [6.07, 6.45) is 6.46. The van der Waals surface area contributed by atoms with Crippen molar-refractivity contribution in [1.82, 2.24) is 14.8 Å². The normalized spacial score (nSPS) is 11.5. The van der Waals surface area contributed by atoms with Crippen LogP contribution < -0.4 is 5.84 Å². The van der Waals surface area contributed by atoms with E-state index in [1.54, 1.807) is 23.1 Å². The van der Waals surface area contributed by atoms with Gasteiger partial charge >= 0.3 is 0 Å². The van der Waals surface area contributed by atoms with Gasteiger partial charge in [-0.05, 0) is 6.07 Å². The first kappa shape index (κ1) is 11.0. The number of hydrazone groups is 1. The molecule has 3 N–H and O–H groups in total. The highest BCUT2D eigenvalue weighted by molar-refractivity contribution is 6.36. The van der Waals surface area contributed by atoms with Crippen LogP contribution in [0, 0.1) is 5.41 Å². The number of hydrogen-bond acceptors (Lipinski definition) is 5. The van der Waals surface area contributed by atoms with Crippen molar-refractivity contribution in [2.75, 3.05) is 0 Å². The molecular formula is C11H12N6. The van der Waals surface area contributed by atoms with Crippen LogP contribution in [0.5, 0.6) is 0 Å². The maximum absolute atomic E-state index is 7.13. The summed E-state index contributed by atoms with van der Waals surface area (Å²) in [6, 6.07) is 3.67. The maximum atomic E-state index is 7.13. The Hall–Kier alpha value is -2.50. The van der Waals surface area contributed by atoms with Gasteiger partial charge in [0.05, 0.1) is 11.9 Å². The van der Waals surface area contributed by atoms with E-state index in [9.17, 15) is 0 Å². The van der Waals surface area contributed by atoms with Crippen molar-refractivity contribution in [2.24, 2.45) is 18.0 Å². The molecule has 0 spiro atoms. The standard InChI is InChI=1S/C11H12N6/c1-17-7-9(6-15-17)8-2-3-10(14-5-8)11(4-12)16-13/h2-7,12H,13H2,1H3/b12-4?,16-11-. The third-order valence-corrected chi connectivity index (χ3v) is 2.34. The molecule has 6 heteroatoms. The minimum Gasteiger partial charge on any atom is -0.323 e. The highest BCUT2D eigenvalue weighted by Crippen LogP contribution is 2.17. The first-order chi connectivity index (χ1) is 8.24. The number of nitrogens with zero attached hydrogens (tertiary/aromatic N) is 4. The van der Waals surface area contributed by atoms with Gasteiger partial charge in [0, 0.05) is 36.8 Å². The highest BCUT2D eigenvalue weighted by Gasteiger charge is 2.04. The van der Waals surface area contributed by atoms with Crippen molar-refractivity contribution in [1.29, 1.82) is 5.41 Å². The molecule has 0 radical (unpaired) electrons. The molecule has 2 aromatic heterocycles. The van der Waals surface area contributed by atoms with Crippen LogP contribution in [0.3, 0.4) is 0 Å². The lowest BCUT2D eigenvalue weighted by molar-refractivity contribution is 0.768. The number of nitrogens with one attached hydrogen (secondary N) is 1. The molecule has 0 unspecified atom stereocenters.